The second-order valence-corrected chi connectivity index (χ2v) is 8.24. The predicted octanol–water partition coefficient (Wildman–Crippen LogP) is 3.43. The van der Waals surface area contributed by atoms with Crippen LogP contribution in [0.15, 0.2) is 10.6 Å². The molecule has 27 heavy (non-hydrogen) atoms. The van der Waals surface area contributed by atoms with E-state index in [0.29, 0.717) is 17.7 Å². The van der Waals surface area contributed by atoms with Gasteiger partial charge >= 0.3 is 0 Å². The summed E-state index contributed by atoms with van der Waals surface area (Å²) in [6, 6.07) is 2.54. The number of hydrogen-bond acceptors (Lipinski definition) is 5. The fourth-order valence-electron chi connectivity index (χ4n) is 3.98. The number of amides is 1. The molecule has 1 amide bonds. The molecular formula is C20H27ClN4O2. The maximum absolute atomic E-state index is 13.3. The van der Waals surface area contributed by atoms with Crippen molar-refractivity contribution < 1.29 is 9.32 Å². The number of halogens is 1. The van der Waals surface area contributed by atoms with Crippen molar-refractivity contribution in [1.29, 1.82) is 0 Å². The van der Waals surface area contributed by atoms with Crippen molar-refractivity contribution in [1.82, 2.24) is 20.4 Å². The molecule has 0 aromatic carbocycles. The average molecular weight is 391 g/mol. The highest BCUT2D eigenvalue weighted by molar-refractivity contribution is 6.06. The number of aryl methyl sites for hydroxylation is 1. The third-order valence-electron chi connectivity index (χ3n) is 6.04. The van der Waals surface area contributed by atoms with Crippen LogP contribution in [-0.4, -0.2) is 46.6 Å². The molecule has 0 bridgehead atoms. The van der Waals surface area contributed by atoms with Crippen molar-refractivity contribution in [3.63, 3.8) is 0 Å². The minimum Gasteiger partial charge on any atom is -0.339 e. The Hall–Kier alpha value is -1.66. The summed E-state index contributed by atoms with van der Waals surface area (Å²) in [7, 11) is 0. The number of likely N-dealkylation sites (tertiary alicyclic amines) is 1. The minimum absolute atomic E-state index is 0. The van der Waals surface area contributed by atoms with Gasteiger partial charge in [-0.25, -0.2) is 4.98 Å². The van der Waals surface area contributed by atoms with Crippen molar-refractivity contribution in [3.8, 4) is 0 Å². The van der Waals surface area contributed by atoms with Crippen LogP contribution >= 0.6 is 12.4 Å². The van der Waals surface area contributed by atoms with E-state index >= 15 is 0 Å². The number of aromatic nitrogens is 2. The van der Waals surface area contributed by atoms with E-state index in [1.54, 1.807) is 0 Å². The zero-order valence-corrected chi connectivity index (χ0v) is 16.6. The fraction of sp³-hybridized carbons (Fsp3) is 0.650. The van der Waals surface area contributed by atoms with E-state index in [9.17, 15) is 4.79 Å². The van der Waals surface area contributed by atoms with Crippen LogP contribution < -0.4 is 5.32 Å². The second-order valence-electron chi connectivity index (χ2n) is 8.24. The highest BCUT2D eigenvalue weighted by Crippen LogP contribution is 2.40. The largest absolute Gasteiger partial charge is 0.339 e. The van der Waals surface area contributed by atoms with Gasteiger partial charge < -0.3 is 14.7 Å². The molecule has 0 radical (unpaired) electrons. The van der Waals surface area contributed by atoms with Crippen LogP contribution in [0.1, 0.15) is 66.2 Å². The SMILES string of the molecule is Cc1noc2nc(C3CC3)cc(C(=O)N3CCC(NCC4CC4)CC3)c12.Cl. The standard InChI is InChI=1S/C20H26N4O2.ClH/c1-12-18-16(10-17(14-4-5-14)22-19(18)26-23-12)20(25)24-8-6-15(7-9-24)21-11-13-2-3-13;/h10,13-15,21H,2-9,11H2,1H3;1H. The lowest BCUT2D eigenvalue weighted by Gasteiger charge is -2.32. The first-order chi connectivity index (χ1) is 12.7. The Bertz CT molecular complexity index is 836. The van der Waals surface area contributed by atoms with Crippen LogP contribution in [0.4, 0.5) is 0 Å². The maximum Gasteiger partial charge on any atom is 0.259 e. The molecule has 3 fully saturated rings. The Balaban J connectivity index is 0.00000180. The number of piperidine rings is 1. The zero-order chi connectivity index (χ0) is 17.7. The van der Waals surface area contributed by atoms with E-state index in [2.05, 4.69) is 15.5 Å². The van der Waals surface area contributed by atoms with Gasteiger partial charge in [0.05, 0.1) is 16.6 Å². The topological polar surface area (TPSA) is 71.3 Å². The second kappa shape index (κ2) is 7.40. The van der Waals surface area contributed by atoms with Gasteiger partial charge in [-0.1, -0.05) is 5.16 Å². The van der Waals surface area contributed by atoms with Crippen molar-refractivity contribution in [2.45, 2.75) is 57.4 Å². The van der Waals surface area contributed by atoms with Crippen LogP contribution in [0, 0.1) is 12.8 Å². The summed E-state index contributed by atoms with van der Waals surface area (Å²) < 4.78 is 5.38. The third kappa shape index (κ3) is 3.83. The predicted molar refractivity (Wildman–Crippen MR) is 105 cm³/mol. The minimum atomic E-state index is 0. The zero-order valence-electron chi connectivity index (χ0n) is 15.7. The van der Waals surface area contributed by atoms with E-state index in [-0.39, 0.29) is 18.3 Å². The number of carbonyl (C=O) groups is 1. The van der Waals surface area contributed by atoms with Gasteiger partial charge in [0.1, 0.15) is 0 Å². The van der Waals surface area contributed by atoms with Crippen LogP contribution in [0.2, 0.25) is 0 Å². The molecule has 146 valence electrons. The van der Waals surface area contributed by atoms with Crippen LogP contribution in [-0.2, 0) is 0 Å². The first-order valence-corrected chi connectivity index (χ1v) is 9.98. The summed E-state index contributed by atoms with van der Waals surface area (Å²) in [5.74, 6) is 1.48. The smallest absolute Gasteiger partial charge is 0.259 e. The Morgan fingerprint density at radius 2 is 1.96 bits per heavy atom. The molecule has 6 nitrogen and oxygen atoms in total. The van der Waals surface area contributed by atoms with E-state index in [0.717, 1.165) is 73.6 Å². The van der Waals surface area contributed by atoms with Gasteiger partial charge in [0.25, 0.3) is 11.6 Å². The summed E-state index contributed by atoms with van der Waals surface area (Å²) in [5.41, 5.74) is 2.97. The number of rotatable bonds is 5. The van der Waals surface area contributed by atoms with E-state index in [1.807, 2.05) is 17.9 Å². The third-order valence-corrected chi connectivity index (χ3v) is 6.04. The lowest BCUT2D eigenvalue weighted by Crippen LogP contribution is -2.45. The highest BCUT2D eigenvalue weighted by Gasteiger charge is 2.31. The number of nitrogens with one attached hydrogen (secondary N) is 1. The molecule has 0 spiro atoms. The summed E-state index contributed by atoms with van der Waals surface area (Å²) >= 11 is 0. The summed E-state index contributed by atoms with van der Waals surface area (Å²) in [4.78, 5) is 19.8. The number of fused-ring (bicyclic) bond motifs is 1. The molecule has 1 aliphatic heterocycles. The van der Waals surface area contributed by atoms with E-state index in [4.69, 9.17) is 4.52 Å². The number of hydrogen-bond donors (Lipinski definition) is 1. The lowest BCUT2D eigenvalue weighted by atomic mass is 10.0. The Morgan fingerprint density at radius 1 is 1.22 bits per heavy atom. The molecule has 1 saturated heterocycles. The van der Waals surface area contributed by atoms with Crippen LogP contribution in [0.3, 0.4) is 0 Å². The Morgan fingerprint density at radius 3 is 2.63 bits per heavy atom. The summed E-state index contributed by atoms with van der Waals surface area (Å²) in [6.07, 6.45) is 7.12. The Kier molecular flexibility index (Phi) is 5.12. The molecule has 2 aromatic heterocycles. The molecule has 7 heteroatoms. The van der Waals surface area contributed by atoms with Crippen LogP contribution in [0.25, 0.3) is 11.1 Å². The van der Waals surface area contributed by atoms with Crippen LogP contribution in [0.5, 0.6) is 0 Å². The van der Waals surface area contributed by atoms with Crippen molar-refractivity contribution in [2.24, 2.45) is 5.92 Å². The molecule has 1 N–H and O–H groups in total. The van der Waals surface area contributed by atoms with Gasteiger partial charge in [0.15, 0.2) is 0 Å². The van der Waals surface area contributed by atoms with Gasteiger partial charge in [-0.2, -0.15) is 0 Å². The number of nitrogens with zero attached hydrogens (tertiary/aromatic N) is 3. The number of pyridine rings is 1. The molecule has 3 heterocycles. The van der Waals surface area contributed by atoms with E-state index < -0.39 is 0 Å². The fourth-order valence-corrected chi connectivity index (χ4v) is 3.98. The van der Waals surface area contributed by atoms with E-state index in [1.165, 1.54) is 12.8 Å². The first kappa shape index (κ1) is 18.7. The molecular weight excluding hydrogens is 364 g/mol. The lowest BCUT2D eigenvalue weighted by molar-refractivity contribution is 0.0706. The quantitative estimate of drug-likeness (QED) is 0.846. The van der Waals surface area contributed by atoms with Crippen molar-refractivity contribution in [2.75, 3.05) is 19.6 Å². The molecule has 0 unspecified atom stereocenters. The highest BCUT2D eigenvalue weighted by atomic mass is 35.5. The molecule has 3 aliphatic rings. The van der Waals surface area contributed by atoms with Gasteiger partial charge in [-0.15, -0.1) is 12.4 Å². The number of carbonyl (C=O) groups excluding carboxylic acids is 1. The van der Waals surface area contributed by atoms with Gasteiger partial charge in [-0.05, 0) is 64.0 Å². The molecule has 0 atom stereocenters. The average Bonchev–Trinajstić information content (AvgIpc) is 3.58. The summed E-state index contributed by atoms with van der Waals surface area (Å²) in [6.45, 7) is 4.66. The van der Waals surface area contributed by atoms with Gasteiger partial charge in [0, 0.05) is 30.7 Å². The first-order valence-electron chi connectivity index (χ1n) is 9.98. The molecule has 2 saturated carbocycles. The van der Waals surface area contributed by atoms with Crippen molar-refractivity contribution in [3.05, 3.63) is 23.0 Å². The normalized spacial score (nSPS) is 20.7. The maximum atomic E-state index is 13.3. The Labute approximate surface area is 165 Å². The molecule has 2 aliphatic carbocycles. The van der Waals surface area contributed by atoms with Gasteiger partial charge in [0.2, 0.25) is 0 Å². The van der Waals surface area contributed by atoms with Crippen molar-refractivity contribution >= 4 is 29.4 Å². The molecule has 2 aromatic rings. The molecule has 5 rings (SSSR count). The van der Waals surface area contributed by atoms with Gasteiger partial charge in [-0.3, -0.25) is 4.79 Å². The summed E-state index contributed by atoms with van der Waals surface area (Å²) in [5, 5.41) is 8.51. The monoisotopic (exact) mass is 390 g/mol.